The van der Waals surface area contributed by atoms with Crippen LogP contribution in [-0.2, 0) is 27.9 Å². The second kappa shape index (κ2) is 52.6. The Morgan fingerprint density at radius 3 is 1.33 bits per heavy atom. The van der Waals surface area contributed by atoms with Crippen LogP contribution in [0.2, 0.25) is 0 Å². The Morgan fingerprint density at radius 2 is 0.877 bits per heavy atom. The molecule has 3 unspecified atom stereocenters. The maximum absolute atomic E-state index is 13.5. The number of amides is 1. The third kappa shape index (κ3) is 53.8. The van der Waals surface area contributed by atoms with Crippen LogP contribution < -0.4 is 5.32 Å². The number of hydrogen-bond donors (Lipinski definition) is 2. The number of allylic oxidation sites excluding steroid dienone is 13. The van der Waals surface area contributed by atoms with E-state index in [1.165, 1.54) is 122 Å². The molecular weight excluding hydrogens is 928 g/mol. The van der Waals surface area contributed by atoms with Gasteiger partial charge in [0.2, 0.25) is 5.91 Å². The van der Waals surface area contributed by atoms with Crippen molar-refractivity contribution in [1.29, 1.82) is 0 Å². The number of nitrogens with zero attached hydrogens (tertiary/aromatic N) is 1. The molecule has 0 aromatic heterocycles. The van der Waals surface area contributed by atoms with Gasteiger partial charge in [-0.1, -0.05) is 241 Å². The average Bonchev–Trinajstić information content (AvgIpc) is 3.35. The van der Waals surface area contributed by atoms with Gasteiger partial charge in [-0.25, -0.2) is 4.57 Å². The summed E-state index contributed by atoms with van der Waals surface area (Å²) in [7, 11) is 1.47. The van der Waals surface area contributed by atoms with Crippen molar-refractivity contribution in [3.8, 4) is 0 Å². The Morgan fingerprint density at radius 1 is 0.493 bits per heavy atom. The molecule has 0 bridgehead atoms. The summed E-state index contributed by atoms with van der Waals surface area (Å²) in [6.07, 6.45) is 68.6. The first-order valence-electron chi connectivity index (χ1n) is 29.9. The predicted molar refractivity (Wildman–Crippen MR) is 314 cm³/mol. The summed E-state index contributed by atoms with van der Waals surface area (Å²) >= 11 is 0. The molecule has 3 atom stereocenters. The molecule has 0 fully saturated rings. The van der Waals surface area contributed by atoms with Crippen molar-refractivity contribution >= 4 is 19.7 Å². The van der Waals surface area contributed by atoms with Gasteiger partial charge in [-0.3, -0.25) is 18.6 Å². The number of quaternary nitrogens is 1. The molecule has 0 aliphatic carbocycles. The van der Waals surface area contributed by atoms with Crippen LogP contribution in [0.15, 0.2) is 85.1 Å². The number of hydrogen-bond acceptors (Lipinski definition) is 6. The molecule has 2 N–H and O–H groups in total. The Labute approximate surface area is 450 Å². The van der Waals surface area contributed by atoms with Crippen LogP contribution in [0.4, 0.5) is 0 Å². The molecule has 10 heteroatoms. The van der Waals surface area contributed by atoms with Crippen LogP contribution in [-0.4, -0.2) is 74.3 Å². The van der Waals surface area contributed by atoms with Crippen molar-refractivity contribution in [1.82, 2.24) is 5.32 Å². The number of carbonyl (C=O) groups excluding carboxylic acids is 2. The van der Waals surface area contributed by atoms with Crippen molar-refractivity contribution < 1.29 is 37.3 Å². The van der Waals surface area contributed by atoms with Crippen LogP contribution in [0.25, 0.3) is 0 Å². The lowest BCUT2D eigenvalue weighted by Gasteiger charge is -2.27. The van der Waals surface area contributed by atoms with Gasteiger partial charge in [-0.15, -0.1) is 0 Å². The maximum atomic E-state index is 13.5. The SMILES string of the molecule is CC/C=C\C/C=C\C/C=C\C/C=C\C/C=C\C/C=C\CCCCC(=O)OC(/C=C/CCCCCCCCCCCC)C(COP(=O)(O)OCC[N+](C)(C)C)NC(=O)CCCCCCCCCCCCCCCC. The molecule has 0 aliphatic heterocycles. The fraction of sp³-hybridized carbons (Fsp3) is 0.746. The van der Waals surface area contributed by atoms with Crippen molar-refractivity contribution in [2.24, 2.45) is 0 Å². The number of phosphoric acid groups is 1. The molecule has 0 heterocycles. The zero-order valence-electron chi connectivity index (χ0n) is 48.1. The molecule has 0 saturated heterocycles. The van der Waals surface area contributed by atoms with Gasteiger partial charge in [0.15, 0.2) is 0 Å². The molecule has 0 spiro atoms. The van der Waals surface area contributed by atoms with Gasteiger partial charge < -0.3 is 19.4 Å². The zero-order valence-corrected chi connectivity index (χ0v) is 49.0. The second-order valence-corrected chi connectivity index (χ2v) is 22.6. The molecule has 1 amide bonds. The lowest BCUT2D eigenvalue weighted by atomic mass is 10.0. The van der Waals surface area contributed by atoms with E-state index in [1.807, 2.05) is 33.3 Å². The summed E-state index contributed by atoms with van der Waals surface area (Å²) in [4.78, 5) is 37.6. The van der Waals surface area contributed by atoms with Gasteiger partial charge in [0, 0.05) is 12.8 Å². The number of ether oxygens (including phenoxy) is 1. The predicted octanol–water partition coefficient (Wildman–Crippen LogP) is 18.2. The fourth-order valence-corrected chi connectivity index (χ4v) is 8.97. The highest BCUT2D eigenvalue weighted by atomic mass is 31.2. The van der Waals surface area contributed by atoms with E-state index in [9.17, 15) is 19.0 Å². The Bertz CT molecular complexity index is 1530. The summed E-state index contributed by atoms with van der Waals surface area (Å²) in [5.41, 5.74) is 0. The molecule has 9 nitrogen and oxygen atoms in total. The standard InChI is InChI=1S/C63H113N2O7P/c1-7-10-13-16-19-22-25-28-30-31-32-33-34-35-36-38-41-44-47-50-53-56-63(67)72-61(54-51-48-45-42-39-27-24-21-18-15-12-9-3)60(59-71-73(68,69)70-58-57-65(4,5)6)64-62(66)55-52-49-46-43-40-37-29-26-23-20-17-14-11-8-2/h10,13,19,22,28,30,32-33,35-36,41,44,51,54,60-61H,7-9,11-12,14-18,20-21,23-27,29,31,34,37-40,42-43,45-50,52-53,55-59H2,1-6H3,(H-,64,66,68,69)/p+1/b13-10-,22-19-,30-28-,33-32-,36-35-,44-41-,54-51+. The van der Waals surface area contributed by atoms with E-state index < -0.39 is 20.0 Å². The molecule has 73 heavy (non-hydrogen) atoms. The van der Waals surface area contributed by atoms with E-state index in [2.05, 4.69) is 99.0 Å². The average molecular weight is 1040 g/mol. The fourth-order valence-electron chi connectivity index (χ4n) is 8.24. The summed E-state index contributed by atoms with van der Waals surface area (Å²) < 4.78 is 30.6. The largest absolute Gasteiger partial charge is 0.472 e. The van der Waals surface area contributed by atoms with Crippen molar-refractivity contribution in [3.05, 3.63) is 85.1 Å². The number of rotatable bonds is 53. The molecule has 0 aliphatic rings. The van der Waals surface area contributed by atoms with E-state index >= 15 is 0 Å². The topological polar surface area (TPSA) is 111 Å². The third-order valence-corrected chi connectivity index (χ3v) is 13.8. The first kappa shape index (κ1) is 70.2. The maximum Gasteiger partial charge on any atom is 0.472 e. The highest BCUT2D eigenvalue weighted by molar-refractivity contribution is 7.47. The van der Waals surface area contributed by atoms with Crippen molar-refractivity contribution in [2.45, 2.75) is 264 Å². The molecule has 0 radical (unpaired) electrons. The molecule has 422 valence electrons. The minimum atomic E-state index is -4.46. The Hall–Kier alpha value is -2.81. The van der Waals surface area contributed by atoms with Crippen LogP contribution in [0.5, 0.6) is 0 Å². The van der Waals surface area contributed by atoms with E-state index in [-0.39, 0.29) is 31.5 Å². The number of phosphoric ester groups is 1. The lowest BCUT2D eigenvalue weighted by molar-refractivity contribution is -0.870. The second-order valence-electron chi connectivity index (χ2n) is 21.1. The molecule has 0 aromatic carbocycles. The van der Waals surface area contributed by atoms with Crippen LogP contribution >= 0.6 is 7.82 Å². The van der Waals surface area contributed by atoms with E-state index in [4.69, 9.17) is 13.8 Å². The highest BCUT2D eigenvalue weighted by Crippen LogP contribution is 2.43. The van der Waals surface area contributed by atoms with Crippen LogP contribution in [0, 0.1) is 0 Å². The summed E-state index contributed by atoms with van der Waals surface area (Å²) in [6, 6.07) is -0.867. The molecule has 0 rings (SSSR count). The first-order valence-corrected chi connectivity index (χ1v) is 31.4. The molecular formula is C63H114N2O7P+. The monoisotopic (exact) mass is 1040 g/mol. The quantitative estimate of drug-likeness (QED) is 0.0205. The van der Waals surface area contributed by atoms with Gasteiger partial charge in [0.1, 0.15) is 19.3 Å². The lowest BCUT2D eigenvalue weighted by Crippen LogP contribution is -2.47. The summed E-state index contributed by atoms with van der Waals surface area (Å²) in [5, 5.41) is 3.04. The van der Waals surface area contributed by atoms with Gasteiger partial charge in [0.25, 0.3) is 0 Å². The number of carbonyl (C=O) groups is 2. The van der Waals surface area contributed by atoms with Crippen LogP contribution in [0.3, 0.4) is 0 Å². The van der Waals surface area contributed by atoms with E-state index in [0.717, 1.165) is 89.9 Å². The van der Waals surface area contributed by atoms with Crippen molar-refractivity contribution in [3.63, 3.8) is 0 Å². The molecule has 0 saturated carbocycles. The van der Waals surface area contributed by atoms with Gasteiger partial charge in [0.05, 0.1) is 33.8 Å². The van der Waals surface area contributed by atoms with Crippen molar-refractivity contribution in [2.75, 3.05) is 40.9 Å². The number of esters is 1. The normalized spacial score (nSPS) is 14.3. The highest BCUT2D eigenvalue weighted by Gasteiger charge is 2.30. The molecule has 0 aromatic rings. The minimum Gasteiger partial charge on any atom is -0.456 e. The zero-order chi connectivity index (χ0) is 53.6. The smallest absolute Gasteiger partial charge is 0.456 e. The summed E-state index contributed by atoms with van der Waals surface area (Å²) in [5.74, 6) is -0.555. The number of likely N-dealkylation sites (N-methyl/N-ethyl adjacent to an activating group) is 1. The third-order valence-electron chi connectivity index (χ3n) is 12.8. The number of unbranched alkanes of at least 4 members (excludes halogenated alkanes) is 25. The summed E-state index contributed by atoms with van der Waals surface area (Å²) in [6.45, 7) is 6.87. The number of nitrogens with one attached hydrogen (secondary N) is 1. The Balaban J connectivity index is 5.37. The Kier molecular flexibility index (Phi) is 50.6. The van der Waals surface area contributed by atoms with Crippen LogP contribution in [0.1, 0.15) is 252 Å². The minimum absolute atomic E-state index is 0.0309. The van der Waals surface area contributed by atoms with E-state index in [0.29, 0.717) is 23.9 Å². The van der Waals surface area contributed by atoms with Gasteiger partial charge >= 0.3 is 13.8 Å². The van der Waals surface area contributed by atoms with Gasteiger partial charge in [-0.05, 0) is 83.1 Å². The van der Waals surface area contributed by atoms with E-state index in [1.54, 1.807) is 0 Å². The van der Waals surface area contributed by atoms with Gasteiger partial charge in [-0.2, -0.15) is 0 Å². The first-order chi connectivity index (χ1) is 35.4.